The first-order chi connectivity index (χ1) is 12.5. The molecule has 0 saturated carbocycles. The molecule has 0 unspecified atom stereocenters. The zero-order valence-corrected chi connectivity index (χ0v) is 16.1. The highest BCUT2D eigenvalue weighted by Crippen LogP contribution is 2.46. The van der Waals surface area contributed by atoms with E-state index in [-0.39, 0.29) is 16.8 Å². The lowest BCUT2D eigenvalue weighted by Crippen LogP contribution is -2.60. The standard InChI is InChI=1S/C21H24N2O2S/c1-15-6-7-17(9-16(15)2)20(24)23-13-21(14-23)10-19(12-26-21)25-11-18-5-3-4-8-22-18/h3-9,19H,10-14H2,1-2H3/t19-/m0/s1. The van der Waals surface area contributed by atoms with Gasteiger partial charge in [-0.3, -0.25) is 9.78 Å². The number of carbonyl (C=O) groups is 1. The number of ether oxygens (including phenoxy) is 1. The van der Waals surface area contributed by atoms with Gasteiger partial charge in [-0.05, 0) is 55.7 Å². The van der Waals surface area contributed by atoms with Gasteiger partial charge in [-0.15, -0.1) is 11.8 Å². The number of hydrogen-bond donors (Lipinski definition) is 0. The molecule has 2 fully saturated rings. The topological polar surface area (TPSA) is 42.4 Å². The monoisotopic (exact) mass is 368 g/mol. The van der Waals surface area contributed by atoms with Crippen LogP contribution in [0.1, 0.15) is 33.6 Å². The third-order valence-electron chi connectivity index (χ3n) is 5.37. The molecule has 4 rings (SSSR count). The molecule has 0 bridgehead atoms. The van der Waals surface area contributed by atoms with Crippen molar-refractivity contribution >= 4 is 17.7 Å². The number of pyridine rings is 1. The molecule has 0 radical (unpaired) electrons. The van der Waals surface area contributed by atoms with Gasteiger partial charge in [0.05, 0.1) is 23.2 Å². The Labute approximate surface area is 159 Å². The minimum Gasteiger partial charge on any atom is -0.371 e. The number of rotatable bonds is 4. The van der Waals surface area contributed by atoms with Crippen LogP contribution in [0, 0.1) is 13.8 Å². The Kier molecular flexibility index (Phi) is 4.76. The maximum absolute atomic E-state index is 12.7. The Morgan fingerprint density at radius 2 is 2.12 bits per heavy atom. The van der Waals surface area contributed by atoms with E-state index in [2.05, 4.69) is 18.8 Å². The zero-order valence-electron chi connectivity index (χ0n) is 15.3. The average molecular weight is 369 g/mol. The smallest absolute Gasteiger partial charge is 0.253 e. The first-order valence-electron chi connectivity index (χ1n) is 9.07. The van der Waals surface area contributed by atoms with E-state index in [1.165, 1.54) is 11.1 Å². The fraction of sp³-hybridized carbons (Fsp3) is 0.429. The van der Waals surface area contributed by atoms with Gasteiger partial charge in [0.1, 0.15) is 0 Å². The molecule has 1 spiro atoms. The van der Waals surface area contributed by atoms with Crippen molar-refractivity contribution in [1.29, 1.82) is 0 Å². The van der Waals surface area contributed by atoms with Gasteiger partial charge >= 0.3 is 0 Å². The van der Waals surface area contributed by atoms with Crippen molar-refractivity contribution in [2.45, 2.75) is 37.7 Å². The van der Waals surface area contributed by atoms with E-state index in [0.717, 1.165) is 36.5 Å². The maximum Gasteiger partial charge on any atom is 0.253 e. The number of nitrogens with zero attached hydrogens (tertiary/aromatic N) is 2. The summed E-state index contributed by atoms with van der Waals surface area (Å²) >= 11 is 1.96. The molecule has 1 aromatic heterocycles. The van der Waals surface area contributed by atoms with Crippen molar-refractivity contribution in [3.8, 4) is 0 Å². The molecule has 0 aliphatic carbocycles. The number of aryl methyl sites for hydroxylation is 2. The van der Waals surface area contributed by atoms with Crippen LogP contribution in [-0.2, 0) is 11.3 Å². The summed E-state index contributed by atoms with van der Waals surface area (Å²) in [5.41, 5.74) is 4.16. The Balaban J connectivity index is 1.30. The number of amides is 1. The molecule has 2 aliphatic heterocycles. The van der Waals surface area contributed by atoms with Crippen LogP contribution in [0.2, 0.25) is 0 Å². The third kappa shape index (κ3) is 3.51. The average Bonchev–Trinajstić information content (AvgIpc) is 3.06. The number of aromatic nitrogens is 1. The fourth-order valence-electron chi connectivity index (χ4n) is 3.67. The number of benzene rings is 1. The second-order valence-corrected chi connectivity index (χ2v) is 8.90. The number of likely N-dealkylation sites (tertiary alicyclic amines) is 1. The van der Waals surface area contributed by atoms with E-state index in [0.29, 0.717) is 6.61 Å². The molecule has 1 aromatic carbocycles. The summed E-state index contributed by atoms with van der Waals surface area (Å²) < 4.78 is 6.23. The van der Waals surface area contributed by atoms with Crippen LogP contribution in [0.4, 0.5) is 0 Å². The molecule has 2 aliphatic rings. The Morgan fingerprint density at radius 1 is 1.27 bits per heavy atom. The highest BCUT2D eigenvalue weighted by atomic mass is 32.2. The van der Waals surface area contributed by atoms with Crippen LogP contribution in [0.25, 0.3) is 0 Å². The van der Waals surface area contributed by atoms with Crippen LogP contribution >= 0.6 is 11.8 Å². The molecule has 4 nitrogen and oxygen atoms in total. The molecule has 5 heteroatoms. The van der Waals surface area contributed by atoms with Crippen LogP contribution < -0.4 is 0 Å². The summed E-state index contributed by atoms with van der Waals surface area (Å²) in [6, 6.07) is 11.9. The Hall–Kier alpha value is -1.85. The van der Waals surface area contributed by atoms with Crippen molar-refractivity contribution in [3.05, 3.63) is 65.0 Å². The summed E-state index contributed by atoms with van der Waals surface area (Å²) in [6.45, 7) is 6.34. The van der Waals surface area contributed by atoms with Gasteiger partial charge in [-0.2, -0.15) is 0 Å². The Bertz CT molecular complexity index is 803. The second kappa shape index (κ2) is 7.05. The zero-order chi connectivity index (χ0) is 18.1. The lowest BCUT2D eigenvalue weighted by Gasteiger charge is -2.47. The highest BCUT2D eigenvalue weighted by Gasteiger charge is 2.51. The lowest BCUT2D eigenvalue weighted by molar-refractivity contribution is 0.0245. The maximum atomic E-state index is 12.7. The van der Waals surface area contributed by atoms with E-state index in [1.807, 2.05) is 53.1 Å². The molecular formula is C21H24N2O2S. The van der Waals surface area contributed by atoms with Crippen LogP contribution in [0.5, 0.6) is 0 Å². The highest BCUT2D eigenvalue weighted by molar-refractivity contribution is 8.01. The van der Waals surface area contributed by atoms with Gasteiger partial charge in [-0.25, -0.2) is 0 Å². The molecule has 3 heterocycles. The SMILES string of the molecule is Cc1ccc(C(=O)N2CC3(C[C@H](OCc4ccccn4)CS3)C2)cc1C. The minimum absolute atomic E-state index is 0.150. The molecule has 2 aromatic rings. The first kappa shape index (κ1) is 17.6. The number of thioether (sulfide) groups is 1. The van der Waals surface area contributed by atoms with E-state index < -0.39 is 0 Å². The number of hydrogen-bond acceptors (Lipinski definition) is 4. The summed E-state index contributed by atoms with van der Waals surface area (Å²) in [7, 11) is 0. The predicted octanol–water partition coefficient (Wildman–Crippen LogP) is 3.62. The summed E-state index contributed by atoms with van der Waals surface area (Å²) in [5.74, 6) is 1.15. The molecule has 26 heavy (non-hydrogen) atoms. The van der Waals surface area contributed by atoms with Crippen LogP contribution in [0.3, 0.4) is 0 Å². The van der Waals surface area contributed by atoms with Gasteiger partial charge in [0.2, 0.25) is 0 Å². The van der Waals surface area contributed by atoms with Crippen molar-refractivity contribution in [3.63, 3.8) is 0 Å². The van der Waals surface area contributed by atoms with Crippen molar-refractivity contribution in [2.24, 2.45) is 0 Å². The molecular weight excluding hydrogens is 344 g/mol. The summed E-state index contributed by atoms with van der Waals surface area (Å²) in [5, 5.41) is 0. The lowest BCUT2D eigenvalue weighted by atomic mass is 9.92. The quantitative estimate of drug-likeness (QED) is 0.827. The second-order valence-electron chi connectivity index (χ2n) is 7.41. The van der Waals surface area contributed by atoms with Crippen molar-refractivity contribution in [2.75, 3.05) is 18.8 Å². The fourth-order valence-corrected chi connectivity index (χ4v) is 5.22. The van der Waals surface area contributed by atoms with Crippen molar-refractivity contribution < 1.29 is 9.53 Å². The van der Waals surface area contributed by atoms with Gasteiger partial charge < -0.3 is 9.64 Å². The molecule has 0 N–H and O–H groups in total. The molecule has 1 amide bonds. The van der Waals surface area contributed by atoms with Crippen molar-refractivity contribution in [1.82, 2.24) is 9.88 Å². The van der Waals surface area contributed by atoms with Gasteiger partial charge in [0, 0.05) is 30.6 Å². The van der Waals surface area contributed by atoms with E-state index in [4.69, 9.17) is 4.74 Å². The molecule has 1 atom stereocenters. The first-order valence-corrected chi connectivity index (χ1v) is 10.1. The summed E-state index contributed by atoms with van der Waals surface area (Å²) in [6.07, 6.45) is 3.06. The normalized spacial score (nSPS) is 21.0. The van der Waals surface area contributed by atoms with Crippen LogP contribution in [0.15, 0.2) is 42.6 Å². The van der Waals surface area contributed by atoms with Gasteiger partial charge in [-0.1, -0.05) is 12.1 Å². The van der Waals surface area contributed by atoms with E-state index >= 15 is 0 Å². The molecule has 136 valence electrons. The largest absolute Gasteiger partial charge is 0.371 e. The predicted molar refractivity (Wildman–Crippen MR) is 104 cm³/mol. The third-order valence-corrected chi connectivity index (χ3v) is 6.94. The van der Waals surface area contributed by atoms with E-state index in [1.54, 1.807) is 6.20 Å². The molecule has 2 saturated heterocycles. The van der Waals surface area contributed by atoms with Crippen LogP contribution in [-0.4, -0.2) is 45.5 Å². The van der Waals surface area contributed by atoms with Gasteiger partial charge in [0.25, 0.3) is 5.91 Å². The van der Waals surface area contributed by atoms with Gasteiger partial charge in [0.15, 0.2) is 0 Å². The minimum atomic E-state index is 0.150. The Morgan fingerprint density at radius 3 is 2.85 bits per heavy atom. The summed E-state index contributed by atoms with van der Waals surface area (Å²) in [4.78, 5) is 19.0. The van der Waals surface area contributed by atoms with E-state index in [9.17, 15) is 4.79 Å². The number of carbonyl (C=O) groups excluding carboxylic acids is 1.